The van der Waals surface area contributed by atoms with Gasteiger partial charge < -0.3 is 4.74 Å². The monoisotopic (exact) mass is 368 g/mol. The van der Waals surface area contributed by atoms with Gasteiger partial charge in [0, 0.05) is 17.0 Å². The molecule has 4 heteroatoms. The van der Waals surface area contributed by atoms with E-state index in [-0.39, 0.29) is 16.2 Å². The molecule has 2 aromatic carbocycles. The minimum Gasteiger partial charge on any atom is -0.487 e. The number of alkyl halides is 1. The average Bonchev–Trinajstić information content (AvgIpc) is 2.70. The number of hydrogen-bond acceptors (Lipinski definition) is 1. The molecular weight excluding hydrogens is 355 g/mol. The van der Waals surface area contributed by atoms with Crippen LogP contribution in [0.25, 0.3) is 0 Å². The molecule has 2 aromatic rings. The van der Waals surface area contributed by atoms with Gasteiger partial charge in [0.05, 0.1) is 4.83 Å². The number of halogens is 3. The van der Waals surface area contributed by atoms with E-state index in [1.807, 2.05) is 12.1 Å². The molecule has 1 unspecified atom stereocenters. The molecule has 0 saturated carbocycles. The zero-order valence-corrected chi connectivity index (χ0v) is 14.1. The Morgan fingerprint density at radius 1 is 1.24 bits per heavy atom. The molecule has 0 saturated heterocycles. The fraction of sp³-hybridized carbons (Fsp3) is 0.294. The van der Waals surface area contributed by atoms with Gasteiger partial charge in [-0.2, -0.15) is 0 Å². The van der Waals surface area contributed by atoms with E-state index < -0.39 is 0 Å². The second-order valence-electron chi connectivity index (χ2n) is 5.93. The Morgan fingerprint density at radius 3 is 2.71 bits per heavy atom. The minimum atomic E-state index is -0.304. The van der Waals surface area contributed by atoms with Crippen molar-refractivity contribution in [1.82, 2.24) is 0 Å². The van der Waals surface area contributed by atoms with Crippen LogP contribution in [0.5, 0.6) is 5.75 Å². The topological polar surface area (TPSA) is 9.23 Å². The molecule has 0 spiro atoms. The zero-order valence-electron chi connectivity index (χ0n) is 11.8. The molecular formula is C17H15BrClFO. The van der Waals surface area contributed by atoms with Gasteiger partial charge in [0.15, 0.2) is 0 Å². The largest absolute Gasteiger partial charge is 0.487 e. The van der Waals surface area contributed by atoms with Crippen molar-refractivity contribution >= 4 is 27.5 Å². The molecule has 1 aliphatic rings. The van der Waals surface area contributed by atoms with Crippen LogP contribution in [0.4, 0.5) is 4.39 Å². The third-order valence-corrected chi connectivity index (χ3v) is 4.87. The molecule has 0 bridgehead atoms. The van der Waals surface area contributed by atoms with Gasteiger partial charge >= 0.3 is 0 Å². The molecule has 0 aromatic heterocycles. The molecule has 0 N–H and O–H groups in total. The van der Waals surface area contributed by atoms with Crippen LogP contribution in [0.3, 0.4) is 0 Å². The van der Waals surface area contributed by atoms with E-state index in [9.17, 15) is 4.39 Å². The lowest BCUT2D eigenvalue weighted by atomic mass is 9.97. The molecule has 3 rings (SSSR count). The van der Waals surface area contributed by atoms with E-state index in [2.05, 4.69) is 35.8 Å². The summed E-state index contributed by atoms with van der Waals surface area (Å²) >= 11 is 9.39. The predicted molar refractivity (Wildman–Crippen MR) is 87.0 cm³/mol. The standard InChI is InChI=1S/C17H15BrClFO/c1-17(2)9-11-7-10(3-6-15(11)21-17)16(18)13-5-4-12(19)8-14(13)20/h3-8,16H,9H2,1-2H3. The maximum Gasteiger partial charge on any atom is 0.129 e. The quantitative estimate of drug-likeness (QED) is 0.619. The number of ether oxygens (including phenoxy) is 1. The highest BCUT2D eigenvalue weighted by Crippen LogP contribution is 2.40. The van der Waals surface area contributed by atoms with Gasteiger partial charge in [0.1, 0.15) is 17.2 Å². The van der Waals surface area contributed by atoms with Gasteiger partial charge in [-0.3, -0.25) is 0 Å². The second kappa shape index (κ2) is 5.29. The van der Waals surface area contributed by atoms with Crippen molar-refractivity contribution in [2.75, 3.05) is 0 Å². The maximum absolute atomic E-state index is 14.0. The van der Waals surface area contributed by atoms with Crippen LogP contribution in [0, 0.1) is 5.82 Å². The smallest absolute Gasteiger partial charge is 0.129 e. The molecule has 0 fully saturated rings. The lowest BCUT2D eigenvalue weighted by Crippen LogP contribution is -2.24. The van der Waals surface area contributed by atoms with Gasteiger partial charge in [0.25, 0.3) is 0 Å². The van der Waals surface area contributed by atoms with Crippen LogP contribution in [0.2, 0.25) is 5.02 Å². The van der Waals surface area contributed by atoms with Gasteiger partial charge in [-0.15, -0.1) is 0 Å². The van der Waals surface area contributed by atoms with Crippen LogP contribution in [-0.4, -0.2) is 5.60 Å². The van der Waals surface area contributed by atoms with E-state index in [0.717, 1.165) is 23.3 Å². The molecule has 110 valence electrons. The Bertz CT molecular complexity index is 699. The lowest BCUT2D eigenvalue weighted by molar-refractivity contribution is 0.138. The summed E-state index contributed by atoms with van der Waals surface area (Å²) in [5.41, 5.74) is 2.58. The van der Waals surface area contributed by atoms with E-state index in [4.69, 9.17) is 16.3 Å². The molecule has 1 nitrogen and oxygen atoms in total. The van der Waals surface area contributed by atoms with Crippen LogP contribution in [0.1, 0.15) is 35.4 Å². The van der Waals surface area contributed by atoms with Crippen LogP contribution in [0.15, 0.2) is 36.4 Å². The van der Waals surface area contributed by atoms with Gasteiger partial charge in [-0.25, -0.2) is 4.39 Å². The third kappa shape index (κ3) is 2.95. The zero-order chi connectivity index (χ0) is 15.2. The van der Waals surface area contributed by atoms with Gasteiger partial charge in [0.2, 0.25) is 0 Å². The third-order valence-electron chi connectivity index (χ3n) is 3.62. The van der Waals surface area contributed by atoms with E-state index in [1.54, 1.807) is 12.1 Å². The number of hydrogen-bond donors (Lipinski definition) is 0. The van der Waals surface area contributed by atoms with Gasteiger partial charge in [-0.1, -0.05) is 45.7 Å². The Kier molecular flexibility index (Phi) is 3.74. The lowest BCUT2D eigenvalue weighted by Gasteiger charge is -2.16. The highest BCUT2D eigenvalue weighted by atomic mass is 79.9. The van der Waals surface area contributed by atoms with Crippen molar-refractivity contribution in [3.8, 4) is 5.75 Å². The summed E-state index contributed by atoms with van der Waals surface area (Å²) in [5.74, 6) is 0.612. The Labute approximate surface area is 137 Å². The SMILES string of the molecule is CC1(C)Cc2cc(C(Br)c3ccc(Cl)cc3F)ccc2O1. The van der Waals surface area contributed by atoms with Crippen molar-refractivity contribution in [1.29, 1.82) is 0 Å². The van der Waals surface area contributed by atoms with E-state index in [0.29, 0.717) is 10.6 Å². The molecule has 21 heavy (non-hydrogen) atoms. The van der Waals surface area contributed by atoms with Gasteiger partial charge in [-0.05, 0) is 43.2 Å². The van der Waals surface area contributed by atoms with Crippen LogP contribution in [-0.2, 0) is 6.42 Å². The summed E-state index contributed by atoms with van der Waals surface area (Å²) in [7, 11) is 0. The Morgan fingerprint density at radius 2 is 2.00 bits per heavy atom. The Balaban J connectivity index is 1.95. The predicted octanol–water partition coefficient (Wildman–Crippen LogP) is 5.68. The van der Waals surface area contributed by atoms with Crippen molar-refractivity contribution in [2.24, 2.45) is 0 Å². The average molecular weight is 370 g/mol. The molecule has 1 aliphatic heterocycles. The molecule has 0 amide bonds. The first-order valence-corrected chi connectivity index (χ1v) is 8.06. The highest BCUT2D eigenvalue weighted by Gasteiger charge is 2.30. The van der Waals surface area contributed by atoms with Crippen molar-refractivity contribution < 1.29 is 9.13 Å². The number of rotatable bonds is 2. The summed E-state index contributed by atoms with van der Waals surface area (Å²) in [6.45, 7) is 4.13. The molecule has 1 atom stereocenters. The summed E-state index contributed by atoms with van der Waals surface area (Å²) in [4.78, 5) is -0.205. The highest BCUT2D eigenvalue weighted by molar-refractivity contribution is 9.09. The second-order valence-corrected chi connectivity index (χ2v) is 7.29. The van der Waals surface area contributed by atoms with Crippen LogP contribution >= 0.6 is 27.5 Å². The summed E-state index contributed by atoms with van der Waals surface area (Å²) < 4.78 is 19.9. The van der Waals surface area contributed by atoms with E-state index in [1.165, 1.54) is 6.07 Å². The fourth-order valence-corrected chi connectivity index (χ4v) is 3.49. The molecule has 1 heterocycles. The van der Waals surface area contributed by atoms with E-state index >= 15 is 0 Å². The first-order chi connectivity index (χ1) is 9.85. The molecule has 0 aliphatic carbocycles. The summed E-state index contributed by atoms with van der Waals surface area (Å²) in [6, 6.07) is 10.8. The molecule has 0 radical (unpaired) electrons. The van der Waals surface area contributed by atoms with Crippen LogP contribution < -0.4 is 4.74 Å². The Hall–Kier alpha value is -1.06. The first-order valence-electron chi connectivity index (χ1n) is 6.76. The van der Waals surface area contributed by atoms with Crippen molar-refractivity contribution in [3.05, 3.63) is 63.9 Å². The fourth-order valence-electron chi connectivity index (χ4n) is 2.67. The number of benzene rings is 2. The first kappa shape index (κ1) is 14.9. The minimum absolute atomic E-state index is 0.172. The maximum atomic E-state index is 14.0. The normalized spacial score (nSPS) is 17.2. The number of fused-ring (bicyclic) bond motifs is 1. The van der Waals surface area contributed by atoms with Crippen molar-refractivity contribution in [2.45, 2.75) is 30.7 Å². The van der Waals surface area contributed by atoms with Crippen molar-refractivity contribution in [3.63, 3.8) is 0 Å². The summed E-state index contributed by atoms with van der Waals surface area (Å²) in [5, 5.41) is 0.403. The summed E-state index contributed by atoms with van der Waals surface area (Å²) in [6.07, 6.45) is 0.860.